The van der Waals surface area contributed by atoms with Crippen LogP contribution in [-0.2, 0) is 10.7 Å². The molecule has 0 aromatic heterocycles. The highest BCUT2D eigenvalue weighted by Gasteiger charge is 2.28. The van der Waals surface area contributed by atoms with Crippen molar-refractivity contribution >= 4 is 75.7 Å². The first-order valence-corrected chi connectivity index (χ1v) is 8.30. The lowest BCUT2D eigenvalue weighted by molar-refractivity contribution is 0.0649. The zero-order chi connectivity index (χ0) is 14.0. The van der Waals surface area contributed by atoms with E-state index < -0.39 is 11.9 Å². The van der Waals surface area contributed by atoms with Crippen molar-refractivity contribution in [2.45, 2.75) is 10.7 Å². The second-order valence-corrected chi connectivity index (χ2v) is 5.92. The van der Waals surface area contributed by atoms with Crippen LogP contribution in [0.25, 0.3) is 0 Å². The van der Waals surface area contributed by atoms with Crippen LogP contribution in [0.2, 0.25) is 0 Å². The topological polar surface area (TPSA) is 74.6 Å². The van der Waals surface area contributed by atoms with Crippen LogP contribution in [0.3, 0.4) is 0 Å². The van der Waals surface area contributed by atoms with Gasteiger partial charge in [-0.15, -0.1) is 0 Å². The van der Waals surface area contributed by atoms with Crippen molar-refractivity contribution in [2.24, 2.45) is 0 Å². The standard InChI is InChI=1S/C10H6Br4O4/c11-1-3-4(2-12)7(13)8(14)6(10(17)18)5(3)9(15)16/h1-2H2,(H,15,16)(H,17,18). The second-order valence-electron chi connectivity index (χ2n) is 3.21. The summed E-state index contributed by atoms with van der Waals surface area (Å²) in [5.74, 6) is -2.56. The Morgan fingerprint density at radius 3 is 1.61 bits per heavy atom. The Hall–Kier alpha value is 0.0800. The van der Waals surface area contributed by atoms with Gasteiger partial charge in [-0.05, 0) is 43.0 Å². The Morgan fingerprint density at radius 1 is 0.833 bits per heavy atom. The normalized spacial score (nSPS) is 10.4. The number of halogens is 4. The van der Waals surface area contributed by atoms with Crippen LogP contribution in [0, 0.1) is 0 Å². The van der Waals surface area contributed by atoms with E-state index in [1.807, 2.05) is 0 Å². The van der Waals surface area contributed by atoms with E-state index in [9.17, 15) is 14.7 Å². The minimum atomic E-state index is -1.29. The lowest BCUT2D eigenvalue weighted by Crippen LogP contribution is -2.14. The molecule has 8 heteroatoms. The monoisotopic (exact) mass is 506 g/mol. The molecule has 1 rings (SSSR count). The van der Waals surface area contributed by atoms with Crippen LogP contribution in [-0.4, -0.2) is 22.2 Å². The molecule has 0 saturated carbocycles. The van der Waals surface area contributed by atoms with Crippen LogP contribution in [0.1, 0.15) is 31.8 Å². The molecule has 0 aliphatic rings. The first kappa shape index (κ1) is 16.1. The Morgan fingerprint density at radius 2 is 1.28 bits per heavy atom. The summed E-state index contributed by atoms with van der Waals surface area (Å²) >= 11 is 12.9. The molecule has 0 fully saturated rings. The van der Waals surface area contributed by atoms with Gasteiger partial charge in [0, 0.05) is 19.6 Å². The van der Waals surface area contributed by atoms with Crippen LogP contribution in [0.5, 0.6) is 0 Å². The van der Waals surface area contributed by atoms with Crippen LogP contribution in [0.4, 0.5) is 0 Å². The number of hydrogen-bond acceptors (Lipinski definition) is 2. The maximum absolute atomic E-state index is 11.3. The summed E-state index contributed by atoms with van der Waals surface area (Å²) in [4.78, 5) is 22.5. The average Bonchev–Trinajstić information content (AvgIpc) is 2.30. The molecule has 0 amide bonds. The van der Waals surface area contributed by atoms with E-state index in [0.717, 1.165) is 0 Å². The van der Waals surface area contributed by atoms with E-state index in [0.29, 0.717) is 20.9 Å². The third-order valence-corrected chi connectivity index (χ3v) is 5.61. The zero-order valence-corrected chi connectivity index (χ0v) is 15.0. The SMILES string of the molecule is O=C(O)c1c(Br)c(Br)c(CBr)c(CBr)c1C(=O)O. The Kier molecular flexibility index (Phi) is 5.82. The molecule has 0 aliphatic carbocycles. The number of carboxylic acids is 2. The Bertz CT molecular complexity index is 527. The van der Waals surface area contributed by atoms with E-state index in [1.165, 1.54) is 0 Å². The summed E-state index contributed by atoms with van der Waals surface area (Å²) in [5, 5.41) is 19.1. The molecular formula is C10H6Br4O4. The van der Waals surface area contributed by atoms with Gasteiger partial charge in [-0.25, -0.2) is 9.59 Å². The van der Waals surface area contributed by atoms with Crippen molar-refractivity contribution in [3.05, 3.63) is 31.2 Å². The predicted molar refractivity (Wildman–Crippen MR) is 81.0 cm³/mol. The molecule has 0 bridgehead atoms. The summed E-state index contributed by atoms with van der Waals surface area (Å²) in [5.41, 5.74) is 0.672. The highest BCUT2D eigenvalue weighted by Crippen LogP contribution is 2.38. The van der Waals surface area contributed by atoms with Gasteiger partial charge in [-0.1, -0.05) is 31.9 Å². The molecule has 0 heterocycles. The molecule has 18 heavy (non-hydrogen) atoms. The number of alkyl halides is 2. The largest absolute Gasteiger partial charge is 0.478 e. The maximum atomic E-state index is 11.3. The highest BCUT2D eigenvalue weighted by molar-refractivity contribution is 9.13. The Balaban J connectivity index is 3.89. The summed E-state index contributed by atoms with van der Waals surface area (Å²) < 4.78 is 0.766. The van der Waals surface area contributed by atoms with Crippen molar-refractivity contribution in [3.63, 3.8) is 0 Å². The smallest absolute Gasteiger partial charge is 0.337 e. The van der Waals surface area contributed by atoms with Gasteiger partial charge in [0.1, 0.15) is 0 Å². The summed E-state index contributed by atoms with van der Waals surface area (Å²) in [6.07, 6.45) is 0. The number of hydrogen-bond donors (Lipinski definition) is 2. The van der Waals surface area contributed by atoms with E-state index in [-0.39, 0.29) is 20.9 Å². The number of rotatable bonds is 4. The van der Waals surface area contributed by atoms with Gasteiger partial charge in [0.2, 0.25) is 0 Å². The summed E-state index contributed by atoms with van der Waals surface area (Å²) in [6, 6.07) is 0. The fourth-order valence-electron chi connectivity index (χ4n) is 1.51. The van der Waals surface area contributed by atoms with Gasteiger partial charge in [0.05, 0.1) is 11.1 Å². The first-order chi connectivity index (χ1) is 8.36. The molecule has 0 radical (unpaired) electrons. The fraction of sp³-hybridized carbons (Fsp3) is 0.200. The predicted octanol–water partition coefficient (Wildman–Crippen LogP) is 4.40. The molecule has 0 saturated heterocycles. The van der Waals surface area contributed by atoms with Gasteiger partial charge in [0.15, 0.2) is 0 Å². The van der Waals surface area contributed by atoms with Gasteiger partial charge in [-0.3, -0.25) is 0 Å². The highest BCUT2D eigenvalue weighted by atomic mass is 79.9. The van der Waals surface area contributed by atoms with Gasteiger partial charge in [-0.2, -0.15) is 0 Å². The molecule has 0 aliphatic heterocycles. The molecule has 4 nitrogen and oxygen atoms in total. The quantitative estimate of drug-likeness (QED) is 0.590. The minimum Gasteiger partial charge on any atom is -0.478 e. The molecule has 1 aromatic rings. The minimum absolute atomic E-state index is 0.205. The van der Waals surface area contributed by atoms with Gasteiger partial charge < -0.3 is 10.2 Å². The summed E-state index contributed by atoms with van der Waals surface area (Å²) in [7, 11) is 0. The summed E-state index contributed by atoms with van der Waals surface area (Å²) in [6.45, 7) is 0. The third kappa shape index (κ3) is 2.81. The molecule has 2 N–H and O–H groups in total. The van der Waals surface area contributed by atoms with Crippen LogP contribution >= 0.6 is 63.7 Å². The van der Waals surface area contributed by atoms with E-state index in [2.05, 4.69) is 63.7 Å². The average molecular weight is 510 g/mol. The van der Waals surface area contributed by atoms with Crippen molar-refractivity contribution in [3.8, 4) is 0 Å². The molecule has 0 spiro atoms. The Labute approximate surface area is 136 Å². The van der Waals surface area contributed by atoms with E-state index in [4.69, 9.17) is 5.11 Å². The molecule has 0 unspecified atom stereocenters. The fourth-order valence-corrected chi connectivity index (χ4v) is 4.31. The first-order valence-electron chi connectivity index (χ1n) is 4.48. The number of carboxylic acid groups (broad SMARTS) is 2. The zero-order valence-electron chi connectivity index (χ0n) is 8.64. The molecule has 1 aromatic carbocycles. The van der Waals surface area contributed by atoms with Gasteiger partial charge >= 0.3 is 11.9 Å². The number of aromatic carboxylic acids is 2. The van der Waals surface area contributed by atoms with Crippen LogP contribution < -0.4 is 0 Å². The molecule has 0 atom stereocenters. The second kappa shape index (κ2) is 6.49. The van der Waals surface area contributed by atoms with Crippen molar-refractivity contribution < 1.29 is 19.8 Å². The van der Waals surface area contributed by atoms with E-state index >= 15 is 0 Å². The van der Waals surface area contributed by atoms with Gasteiger partial charge in [0.25, 0.3) is 0 Å². The lowest BCUT2D eigenvalue weighted by Gasteiger charge is -2.16. The van der Waals surface area contributed by atoms with Crippen molar-refractivity contribution in [1.29, 1.82) is 0 Å². The van der Waals surface area contributed by atoms with Crippen LogP contribution in [0.15, 0.2) is 8.95 Å². The van der Waals surface area contributed by atoms with Crippen molar-refractivity contribution in [1.82, 2.24) is 0 Å². The lowest BCUT2D eigenvalue weighted by atomic mass is 9.97. The maximum Gasteiger partial charge on any atom is 0.337 e. The number of benzene rings is 1. The molecule has 98 valence electrons. The number of carbonyl (C=O) groups is 2. The van der Waals surface area contributed by atoms with Crippen molar-refractivity contribution in [2.75, 3.05) is 0 Å². The molecular weight excluding hydrogens is 504 g/mol. The van der Waals surface area contributed by atoms with E-state index in [1.54, 1.807) is 0 Å². The third-order valence-electron chi connectivity index (χ3n) is 2.29.